The first-order valence-electron chi connectivity index (χ1n) is 3.51. The van der Waals surface area contributed by atoms with E-state index in [9.17, 15) is 4.79 Å². The molecule has 0 saturated carbocycles. The fraction of sp³-hybridized carbons (Fsp3) is 0.125. The van der Waals surface area contributed by atoms with Crippen molar-refractivity contribution in [3.63, 3.8) is 0 Å². The molecule has 0 atom stereocenters. The molecule has 0 unspecified atom stereocenters. The SMILES string of the molecule is CC(=O)Nc1ccccc1I(Cl)Cl. The molecule has 0 aromatic heterocycles. The molecule has 0 bridgehead atoms. The normalized spacial score (nSPS) is 10.8. The summed E-state index contributed by atoms with van der Waals surface area (Å²) in [4.78, 5) is 10.8. The van der Waals surface area contributed by atoms with Gasteiger partial charge in [0, 0.05) is 0 Å². The Morgan fingerprint density at radius 3 is 2.54 bits per heavy atom. The maximum absolute atomic E-state index is 10.8. The van der Waals surface area contributed by atoms with Crippen molar-refractivity contribution < 1.29 is 4.79 Å². The van der Waals surface area contributed by atoms with Gasteiger partial charge in [-0.05, 0) is 0 Å². The van der Waals surface area contributed by atoms with Crippen LogP contribution < -0.4 is 5.32 Å². The minimum atomic E-state index is -2.06. The van der Waals surface area contributed by atoms with Crippen LogP contribution in [0.5, 0.6) is 0 Å². The molecular formula is C8H8Cl2INO. The minimum absolute atomic E-state index is 0.112. The number of anilines is 1. The molecule has 0 aliphatic heterocycles. The van der Waals surface area contributed by atoms with E-state index in [4.69, 9.17) is 17.8 Å². The van der Waals surface area contributed by atoms with Gasteiger partial charge in [-0.15, -0.1) is 0 Å². The Balaban J connectivity index is 2.97. The van der Waals surface area contributed by atoms with E-state index in [2.05, 4.69) is 5.32 Å². The van der Waals surface area contributed by atoms with Gasteiger partial charge in [0.05, 0.1) is 0 Å². The van der Waals surface area contributed by atoms with Crippen molar-refractivity contribution in [2.24, 2.45) is 0 Å². The van der Waals surface area contributed by atoms with Crippen molar-refractivity contribution in [3.05, 3.63) is 27.8 Å². The predicted octanol–water partition coefficient (Wildman–Crippen LogP) is 3.63. The number of nitrogens with one attached hydrogen (secondary N) is 1. The van der Waals surface area contributed by atoms with Crippen LogP contribution in [-0.2, 0) is 4.79 Å². The van der Waals surface area contributed by atoms with Crippen molar-refractivity contribution in [1.29, 1.82) is 0 Å². The number of rotatable bonds is 2. The van der Waals surface area contributed by atoms with Crippen LogP contribution in [0, 0.1) is 3.57 Å². The van der Waals surface area contributed by atoms with Gasteiger partial charge in [0.2, 0.25) is 0 Å². The van der Waals surface area contributed by atoms with E-state index in [1.807, 2.05) is 18.2 Å². The molecule has 1 rings (SSSR count). The third-order valence-electron chi connectivity index (χ3n) is 1.34. The molecular weight excluding hydrogens is 324 g/mol. The van der Waals surface area contributed by atoms with Gasteiger partial charge in [-0.2, -0.15) is 0 Å². The summed E-state index contributed by atoms with van der Waals surface area (Å²) >= 11 is -2.06. The van der Waals surface area contributed by atoms with E-state index >= 15 is 0 Å². The molecule has 0 spiro atoms. The summed E-state index contributed by atoms with van der Waals surface area (Å²) in [5, 5.41) is 2.69. The summed E-state index contributed by atoms with van der Waals surface area (Å²) in [5.74, 6) is -0.112. The summed E-state index contributed by atoms with van der Waals surface area (Å²) in [6.07, 6.45) is 0. The molecule has 5 heteroatoms. The Morgan fingerprint density at radius 2 is 2.00 bits per heavy atom. The first kappa shape index (κ1) is 11.1. The van der Waals surface area contributed by atoms with E-state index in [1.54, 1.807) is 6.07 Å². The molecule has 0 fully saturated rings. The van der Waals surface area contributed by atoms with E-state index < -0.39 is 17.6 Å². The number of benzene rings is 1. The number of hydrogen-bond donors (Lipinski definition) is 1. The first-order valence-corrected chi connectivity index (χ1v) is 10.0. The molecule has 0 saturated heterocycles. The average Bonchev–Trinajstić information content (AvgIpc) is 2.03. The van der Waals surface area contributed by atoms with Crippen molar-refractivity contribution >= 4 is 47.0 Å². The first-order chi connectivity index (χ1) is 6.11. The molecule has 0 aliphatic rings. The van der Waals surface area contributed by atoms with Gasteiger partial charge >= 0.3 is 91.8 Å². The van der Waals surface area contributed by atoms with Gasteiger partial charge < -0.3 is 0 Å². The van der Waals surface area contributed by atoms with Crippen LogP contribution in [0.3, 0.4) is 0 Å². The summed E-state index contributed by atoms with van der Waals surface area (Å²) in [6, 6.07) is 7.33. The Morgan fingerprint density at radius 1 is 1.38 bits per heavy atom. The second kappa shape index (κ2) is 5.02. The number of amides is 1. The van der Waals surface area contributed by atoms with Crippen LogP contribution in [0.1, 0.15) is 6.92 Å². The zero-order chi connectivity index (χ0) is 9.84. The second-order valence-corrected chi connectivity index (χ2v) is 9.46. The monoisotopic (exact) mass is 331 g/mol. The predicted molar refractivity (Wildman–Crippen MR) is 65.2 cm³/mol. The molecule has 1 aromatic rings. The van der Waals surface area contributed by atoms with Gasteiger partial charge in [0.15, 0.2) is 0 Å². The zero-order valence-corrected chi connectivity index (χ0v) is 10.5. The van der Waals surface area contributed by atoms with Crippen molar-refractivity contribution in [2.75, 3.05) is 5.32 Å². The Bertz CT molecular complexity index is 317. The third-order valence-corrected chi connectivity index (χ3v) is 5.22. The molecule has 72 valence electrons. The quantitative estimate of drug-likeness (QED) is 0.824. The number of halogens is 3. The molecule has 1 aromatic carbocycles. The summed E-state index contributed by atoms with van der Waals surface area (Å²) < 4.78 is 0.866. The number of carbonyl (C=O) groups is 1. The standard InChI is InChI=1S/C8H8Cl2INO/c1-6(13)12-8-5-3-2-4-7(8)11(9)10/h2-5H,1H3,(H,12,13). The maximum atomic E-state index is 10.8. The summed E-state index contributed by atoms with van der Waals surface area (Å²) in [6.45, 7) is 1.46. The second-order valence-electron chi connectivity index (χ2n) is 2.36. The van der Waals surface area contributed by atoms with Crippen LogP contribution in [0.15, 0.2) is 24.3 Å². The van der Waals surface area contributed by atoms with Crippen molar-refractivity contribution in [2.45, 2.75) is 6.92 Å². The Kier molecular flexibility index (Phi) is 4.28. The molecule has 0 heterocycles. The van der Waals surface area contributed by atoms with Gasteiger partial charge in [0.25, 0.3) is 0 Å². The van der Waals surface area contributed by atoms with Crippen LogP contribution in [0.4, 0.5) is 5.69 Å². The number of hydrogen-bond acceptors (Lipinski definition) is 1. The van der Waals surface area contributed by atoms with Crippen LogP contribution in [-0.4, -0.2) is 5.91 Å². The van der Waals surface area contributed by atoms with Crippen LogP contribution in [0.2, 0.25) is 0 Å². The van der Waals surface area contributed by atoms with Crippen LogP contribution >= 0.6 is 35.4 Å². The molecule has 1 amide bonds. The molecule has 1 N–H and O–H groups in total. The van der Waals surface area contributed by atoms with E-state index in [-0.39, 0.29) is 5.91 Å². The fourth-order valence-corrected chi connectivity index (χ4v) is 3.78. The van der Waals surface area contributed by atoms with E-state index in [0.717, 1.165) is 9.26 Å². The van der Waals surface area contributed by atoms with Crippen LogP contribution in [0.25, 0.3) is 0 Å². The van der Waals surface area contributed by atoms with Gasteiger partial charge in [-0.3, -0.25) is 0 Å². The topological polar surface area (TPSA) is 29.1 Å². The van der Waals surface area contributed by atoms with E-state index in [0.29, 0.717) is 0 Å². The summed E-state index contributed by atoms with van der Waals surface area (Å²) in [5.41, 5.74) is 0.727. The van der Waals surface area contributed by atoms with Gasteiger partial charge in [-0.1, -0.05) is 0 Å². The fourth-order valence-electron chi connectivity index (χ4n) is 0.877. The van der Waals surface area contributed by atoms with Crippen molar-refractivity contribution in [3.8, 4) is 0 Å². The van der Waals surface area contributed by atoms with Gasteiger partial charge in [-0.25, -0.2) is 0 Å². The third kappa shape index (κ3) is 3.32. The van der Waals surface area contributed by atoms with E-state index in [1.165, 1.54) is 6.92 Å². The zero-order valence-electron chi connectivity index (χ0n) is 6.85. The number of para-hydroxylation sites is 1. The Hall–Kier alpha value is -0.000000000000000111. The van der Waals surface area contributed by atoms with Gasteiger partial charge in [0.1, 0.15) is 0 Å². The number of carbonyl (C=O) groups excluding carboxylic acids is 1. The molecule has 0 aliphatic carbocycles. The van der Waals surface area contributed by atoms with Crippen molar-refractivity contribution in [1.82, 2.24) is 0 Å². The molecule has 0 radical (unpaired) electrons. The Labute approximate surface area is 91.4 Å². The average molecular weight is 332 g/mol. The summed E-state index contributed by atoms with van der Waals surface area (Å²) in [7, 11) is 11.7. The molecule has 13 heavy (non-hydrogen) atoms. The molecule has 2 nitrogen and oxygen atoms in total.